The maximum Gasteiger partial charge on any atom is 0.160 e. The van der Waals surface area contributed by atoms with Crippen molar-refractivity contribution < 1.29 is 0 Å². The third-order valence-corrected chi connectivity index (χ3v) is 13.6. The number of nitrogens with one attached hydrogen (secondary N) is 1. The number of benzene rings is 8. The quantitative estimate of drug-likeness (QED) is 0.186. The van der Waals surface area contributed by atoms with Gasteiger partial charge in [-0.05, 0) is 77.4 Å². The molecular formula is C51H32N4S2. The van der Waals surface area contributed by atoms with E-state index in [9.17, 15) is 0 Å². The molecule has 1 N–H and O–H groups in total. The Morgan fingerprint density at radius 1 is 0.474 bits per heavy atom. The van der Waals surface area contributed by atoms with Gasteiger partial charge in [0.1, 0.15) is 12.0 Å². The molecule has 268 valence electrons. The molecule has 0 saturated heterocycles. The topological polar surface area (TPSA) is 41.7 Å². The van der Waals surface area contributed by atoms with E-state index in [2.05, 4.69) is 186 Å². The molecule has 0 saturated carbocycles. The summed E-state index contributed by atoms with van der Waals surface area (Å²) < 4.78 is 7.39. The lowest BCUT2D eigenvalue weighted by molar-refractivity contribution is 0.674. The van der Waals surface area contributed by atoms with Gasteiger partial charge in [0.15, 0.2) is 5.84 Å². The van der Waals surface area contributed by atoms with Gasteiger partial charge in [-0.1, -0.05) is 121 Å². The SMILES string of the molecule is c1ccc(C2N=C(c3cccc4c3sc3ccccc34)N=C(c3ccc4sc5cc(-c6cccc7c6c6ccccc6n7-c6ccccc6)ccc5c4c3)N2)cc1. The fourth-order valence-corrected chi connectivity index (χ4v) is 11.0. The maximum atomic E-state index is 5.28. The summed E-state index contributed by atoms with van der Waals surface area (Å²) >= 11 is 3.66. The lowest BCUT2D eigenvalue weighted by atomic mass is 9.98. The molecular weight excluding hydrogens is 733 g/mol. The standard InChI is InChI=1S/C51H32N4S2/c1-3-13-31(14-4-1)49-52-50(54-51(53-49)40-21-11-20-38-36-17-8-10-24-44(36)57-48(38)40)33-26-28-45-41(29-33)37-27-25-32(30-46(37)56-45)35-19-12-23-43-47(35)39-18-7-9-22-42(39)55(43)34-15-5-2-6-16-34/h1-30,49H,(H,52,53,54). The van der Waals surface area contributed by atoms with E-state index in [1.807, 2.05) is 28.7 Å². The van der Waals surface area contributed by atoms with Crippen LogP contribution in [0.5, 0.6) is 0 Å². The summed E-state index contributed by atoms with van der Waals surface area (Å²) in [6.07, 6.45) is -0.272. The summed E-state index contributed by atoms with van der Waals surface area (Å²) in [6, 6.07) is 65.5. The Hall–Kier alpha value is -6.86. The fraction of sp³-hybridized carbons (Fsp3) is 0.0196. The molecule has 4 nitrogen and oxygen atoms in total. The zero-order valence-corrected chi connectivity index (χ0v) is 32.2. The molecule has 3 aromatic heterocycles. The first-order valence-corrected chi connectivity index (χ1v) is 20.8. The van der Waals surface area contributed by atoms with Crippen molar-refractivity contribution in [3.05, 3.63) is 199 Å². The van der Waals surface area contributed by atoms with Crippen LogP contribution in [-0.2, 0) is 0 Å². The Kier molecular flexibility index (Phi) is 7.30. The van der Waals surface area contributed by atoms with E-state index in [4.69, 9.17) is 9.98 Å². The predicted octanol–water partition coefficient (Wildman–Crippen LogP) is 13.7. The van der Waals surface area contributed by atoms with Crippen LogP contribution in [0.3, 0.4) is 0 Å². The van der Waals surface area contributed by atoms with Gasteiger partial charge >= 0.3 is 0 Å². The van der Waals surface area contributed by atoms with Crippen LogP contribution in [0.4, 0.5) is 0 Å². The van der Waals surface area contributed by atoms with Crippen LogP contribution in [0.15, 0.2) is 192 Å². The summed E-state index contributed by atoms with van der Waals surface area (Å²) in [7, 11) is 0. The van der Waals surface area contributed by atoms with E-state index in [1.165, 1.54) is 79.0 Å². The highest BCUT2D eigenvalue weighted by Gasteiger charge is 2.24. The van der Waals surface area contributed by atoms with Crippen LogP contribution in [0, 0.1) is 0 Å². The molecule has 0 spiro atoms. The fourth-order valence-electron chi connectivity index (χ4n) is 8.65. The molecule has 4 heterocycles. The smallest absolute Gasteiger partial charge is 0.160 e. The van der Waals surface area contributed by atoms with Gasteiger partial charge in [0.05, 0.1) is 11.0 Å². The Morgan fingerprint density at radius 3 is 2.05 bits per heavy atom. The van der Waals surface area contributed by atoms with Gasteiger partial charge in [0.2, 0.25) is 0 Å². The summed E-state index contributed by atoms with van der Waals surface area (Å²) in [4.78, 5) is 10.5. The van der Waals surface area contributed by atoms with Gasteiger partial charge < -0.3 is 9.88 Å². The van der Waals surface area contributed by atoms with Crippen molar-refractivity contribution >= 4 is 96.5 Å². The van der Waals surface area contributed by atoms with Crippen molar-refractivity contribution in [1.82, 2.24) is 9.88 Å². The number of hydrogen-bond acceptors (Lipinski definition) is 5. The summed E-state index contributed by atoms with van der Waals surface area (Å²) in [5, 5.41) is 11.2. The monoisotopic (exact) mass is 764 g/mol. The molecule has 6 heteroatoms. The van der Waals surface area contributed by atoms with Gasteiger partial charge in [-0.15, -0.1) is 22.7 Å². The number of nitrogens with zero attached hydrogens (tertiary/aromatic N) is 3. The Bertz CT molecular complexity index is 3440. The number of fused-ring (bicyclic) bond motifs is 9. The van der Waals surface area contributed by atoms with Crippen LogP contribution in [-0.4, -0.2) is 16.2 Å². The molecule has 1 atom stereocenters. The third-order valence-electron chi connectivity index (χ3n) is 11.3. The highest BCUT2D eigenvalue weighted by molar-refractivity contribution is 7.26. The summed E-state index contributed by atoms with van der Waals surface area (Å²) in [6.45, 7) is 0. The molecule has 1 unspecified atom stereocenters. The Balaban J connectivity index is 0.982. The first-order valence-electron chi connectivity index (χ1n) is 19.2. The number of aliphatic imine (C=N–C) groups is 2. The van der Waals surface area contributed by atoms with E-state index in [0.29, 0.717) is 0 Å². The zero-order chi connectivity index (χ0) is 37.5. The second-order valence-corrected chi connectivity index (χ2v) is 16.7. The van der Waals surface area contributed by atoms with Gasteiger partial charge in [-0.25, -0.2) is 9.98 Å². The van der Waals surface area contributed by atoms with Gasteiger partial charge in [-0.2, -0.15) is 0 Å². The average Bonchev–Trinajstić information content (AvgIpc) is 3.96. The number of thiophene rings is 2. The lowest BCUT2D eigenvalue weighted by Gasteiger charge is -2.24. The lowest BCUT2D eigenvalue weighted by Crippen LogP contribution is -2.33. The number of hydrogen-bond donors (Lipinski definition) is 1. The highest BCUT2D eigenvalue weighted by Crippen LogP contribution is 2.42. The van der Waals surface area contributed by atoms with E-state index in [0.717, 1.165) is 28.4 Å². The molecule has 11 aromatic rings. The molecule has 0 bridgehead atoms. The second-order valence-electron chi connectivity index (χ2n) is 14.6. The van der Waals surface area contributed by atoms with Crippen LogP contribution in [0.2, 0.25) is 0 Å². The minimum absolute atomic E-state index is 0.272. The predicted molar refractivity (Wildman–Crippen MR) is 244 cm³/mol. The van der Waals surface area contributed by atoms with E-state index < -0.39 is 0 Å². The number of aromatic nitrogens is 1. The largest absolute Gasteiger partial charge is 0.344 e. The Morgan fingerprint density at radius 2 is 1.16 bits per heavy atom. The van der Waals surface area contributed by atoms with Crippen LogP contribution < -0.4 is 5.32 Å². The molecule has 1 aliphatic heterocycles. The third kappa shape index (κ3) is 5.18. The minimum Gasteiger partial charge on any atom is -0.344 e. The minimum atomic E-state index is -0.272. The number of para-hydroxylation sites is 2. The van der Waals surface area contributed by atoms with Crippen molar-refractivity contribution in [2.75, 3.05) is 0 Å². The van der Waals surface area contributed by atoms with Crippen LogP contribution >= 0.6 is 22.7 Å². The van der Waals surface area contributed by atoms with Crippen LogP contribution in [0.25, 0.3) is 79.0 Å². The van der Waals surface area contributed by atoms with Crippen molar-refractivity contribution in [3.63, 3.8) is 0 Å². The van der Waals surface area contributed by atoms with Crippen molar-refractivity contribution in [3.8, 4) is 16.8 Å². The van der Waals surface area contributed by atoms with E-state index >= 15 is 0 Å². The summed E-state index contributed by atoms with van der Waals surface area (Å²) in [5.74, 6) is 1.57. The molecule has 0 fully saturated rings. The normalized spacial score (nSPS) is 14.5. The van der Waals surface area contributed by atoms with Crippen LogP contribution in [0.1, 0.15) is 22.9 Å². The maximum absolute atomic E-state index is 5.28. The average molecular weight is 765 g/mol. The van der Waals surface area contributed by atoms with E-state index in [-0.39, 0.29) is 6.17 Å². The summed E-state index contributed by atoms with van der Waals surface area (Å²) in [5.41, 5.74) is 9.25. The van der Waals surface area contributed by atoms with Crippen molar-refractivity contribution in [2.45, 2.75) is 6.17 Å². The molecule has 0 aliphatic carbocycles. The molecule has 0 radical (unpaired) electrons. The van der Waals surface area contributed by atoms with Gasteiger partial charge in [-0.3, -0.25) is 0 Å². The number of rotatable bonds is 5. The number of amidine groups is 2. The van der Waals surface area contributed by atoms with Gasteiger partial charge in [0.25, 0.3) is 0 Å². The first-order chi connectivity index (χ1) is 28.2. The highest BCUT2D eigenvalue weighted by atomic mass is 32.1. The van der Waals surface area contributed by atoms with Crippen molar-refractivity contribution in [2.24, 2.45) is 9.98 Å². The molecule has 12 rings (SSSR count). The van der Waals surface area contributed by atoms with E-state index in [1.54, 1.807) is 0 Å². The Labute approximate surface area is 336 Å². The van der Waals surface area contributed by atoms with Gasteiger partial charge in [0, 0.05) is 67.9 Å². The second kappa shape index (κ2) is 12.8. The molecule has 57 heavy (non-hydrogen) atoms. The molecule has 1 aliphatic rings. The zero-order valence-electron chi connectivity index (χ0n) is 30.6. The first kappa shape index (κ1) is 32.4. The van der Waals surface area contributed by atoms with Crippen molar-refractivity contribution in [1.29, 1.82) is 0 Å². The molecule has 0 amide bonds. The molecule has 8 aromatic carbocycles.